The first kappa shape index (κ1) is 9.32. The largest absolute Gasteiger partial charge is 0.338 e. The zero-order valence-electron chi connectivity index (χ0n) is 7.55. The highest BCUT2D eigenvalue weighted by Crippen LogP contribution is 2.26. The van der Waals surface area contributed by atoms with Crippen molar-refractivity contribution >= 4 is 6.03 Å². The number of carbonyl (C=O) groups excluding carboxylic acids is 1. The average Bonchev–Trinajstić information content (AvgIpc) is 2.83. The van der Waals surface area contributed by atoms with Crippen molar-refractivity contribution in [3.63, 3.8) is 0 Å². The smallest absolute Gasteiger partial charge is 0.317 e. The van der Waals surface area contributed by atoms with E-state index < -0.39 is 0 Å². The van der Waals surface area contributed by atoms with Gasteiger partial charge in [-0.25, -0.2) is 4.79 Å². The molecular weight excluding hydrogens is 154 g/mol. The van der Waals surface area contributed by atoms with Gasteiger partial charge in [0.05, 0.1) is 0 Å². The minimum absolute atomic E-state index is 0.0328. The van der Waals surface area contributed by atoms with Crippen molar-refractivity contribution in [3.8, 4) is 0 Å². The molecule has 3 N–H and O–H groups in total. The fourth-order valence-electron chi connectivity index (χ4n) is 1.23. The molecule has 1 fully saturated rings. The topological polar surface area (TPSA) is 58.4 Å². The number of urea groups is 1. The minimum atomic E-state index is 0.0328. The van der Waals surface area contributed by atoms with Gasteiger partial charge in [-0.15, -0.1) is 0 Å². The summed E-state index contributed by atoms with van der Waals surface area (Å²) in [5.41, 5.74) is 5.41. The summed E-state index contributed by atoms with van der Waals surface area (Å²) in [5.74, 6) is 0. The summed E-state index contributed by atoms with van der Waals surface area (Å²) in [4.78, 5) is 13.2. The Labute approximate surface area is 73.1 Å². The highest BCUT2D eigenvalue weighted by Gasteiger charge is 2.31. The Morgan fingerprint density at radius 1 is 1.67 bits per heavy atom. The van der Waals surface area contributed by atoms with Crippen LogP contribution < -0.4 is 11.1 Å². The fourth-order valence-corrected chi connectivity index (χ4v) is 1.23. The molecule has 0 aromatic rings. The number of hydrogen-bond donors (Lipinski definition) is 2. The van der Waals surface area contributed by atoms with E-state index in [1.54, 1.807) is 0 Å². The summed E-state index contributed by atoms with van der Waals surface area (Å²) >= 11 is 0. The number of carbonyl (C=O) groups is 1. The van der Waals surface area contributed by atoms with Crippen molar-refractivity contribution in [2.75, 3.05) is 19.6 Å². The van der Waals surface area contributed by atoms with E-state index in [0.29, 0.717) is 25.7 Å². The van der Waals surface area contributed by atoms with Gasteiger partial charge in [0.15, 0.2) is 0 Å². The molecule has 1 saturated carbocycles. The maximum absolute atomic E-state index is 11.4. The lowest BCUT2D eigenvalue weighted by molar-refractivity contribution is 0.197. The van der Waals surface area contributed by atoms with Gasteiger partial charge in [0.2, 0.25) is 0 Å². The van der Waals surface area contributed by atoms with Gasteiger partial charge in [-0.1, -0.05) is 0 Å². The van der Waals surface area contributed by atoms with Crippen molar-refractivity contribution < 1.29 is 4.79 Å². The van der Waals surface area contributed by atoms with Crippen LogP contribution in [0.2, 0.25) is 0 Å². The van der Waals surface area contributed by atoms with Gasteiger partial charge in [0, 0.05) is 25.7 Å². The Balaban J connectivity index is 2.34. The molecule has 0 radical (unpaired) electrons. The summed E-state index contributed by atoms with van der Waals surface area (Å²) in [6, 6.07) is 0.491. The quantitative estimate of drug-likeness (QED) is 0.632. The van der Waals surface area contributed by atoms with E-state index in [1.807, 2.05) is 11.8 Å². The van der Waals surface area contributed by atoms with Gasteiger partial charge in [-0.3, -0.25) is 0 Å². The van der Waals surface area contributed by atoms with E-state index in [-0.39, 0.29) is 6.03 Å². The third-order valence-corrected chi connectivity index (χ3v) is 1.95. The van der Waals surface area contributed by atoms with Crippen molar-refractivity contribution in [3.05, 3.63) is 0 Å². The lowest BCUT2D eigenvalue weighted by Gasteiger charge is -2.21. The third kappa shape index (κ3) is 2.37. The van der Waals surface area contributed by atoms with Crippen molar-refractivity contribution in [1.82, 2.24) is 10.2 Å². The van der Waals surface area contributed by atoms with Gasteiger partial charge in [-0.2, -0.15) is 0 Å². The maximum Gasteiger partial charge on any atom is 0.317 e. The Bertz CT molecular complexity index is 156. The van der Waals surface area contributed by atoms with Crippen molar-refractivity contribution in [2.45, 2.75) is 25.8 Å². The molecule has 4 heteroatoms. The average molecular weight is 171 g/mol. The van der Waals surface area contributed by atoms with Gasteiger partial charge in [0.25, 0.3) is 0 Å². The van der Waals surface area contributed by atoms with E-state index >= 15 is 0 Å². The molecular formula is C8H17N3O. The van der Waals surface area contributed by atoms with Crippen LogP contribution >= 0.6 is 0 Å². The molecule has 12 heavy (non-hydrogen) atoms. The van der Waals surface area contributed by atoms with Crippen LogP contribution in [0.25, 0.3) is 0 Å². The molecule has 1 rings (SSSR count). The van der Waals surface area contributed by atoms with Crippen LogP contribution in [0.1, 0.15) is 19.8 Å². The predicted molar refractivity (Wildman–Crippen MR) is 47.9 cm³/mol. The SMILES string of the molecule is CCNC(=O)N(CCN)C1CC1. The van der Waals surface area contributed by atoms with Gasteiger partial charge >= 0.3 is 6.03 Å². The molecule has 0 aromatic heterocycles. The molecule has 2 amide bonds. The molecule has 70 valence electrons. The van der Waals surface area contributed by atoms with E-state index in [9.17, 15) is 4.79 Å². The Morgan fingerprint density at radius 3 is 2.75 bits per heavy atom. The van der Waals surface area contributed by atoms with Crippen molar-refractivity contribution in [2.24, 2.45) is 5.73 Å². The highest BCUT2D eigenvalue weighted by atomic mass is 16.2. The molecule has 4 nitrogen and oxygen atoms in total. The molecule has 1 aliphatic rings. The second kappa shape index (κ2) is 4.30. The lowest BCUT2D eigenvalue weighted by Crippen LogP contribution is -2.43. The first-order valence-corrected chi connectivity index (χ1v) is 4.54. The number of hydrogen-bond acceptors (Lipinski definition) is 2. The van der Waals surface area contributed by atoms with Gasteiger partial charge in [0.1, 0.15) is 0 Å². The lowest BCUT2D eigenvalue weighted by atomic mass is 10.5. The standard InChI is InChI=1S/C8H17N3O/c1-2-10-8(12)11(6-5-9)7-3-4-7/h7H,2-6,9H2,1H3,(H,10,12). The monoisotopic (exact) mass is 171 g/mol. The van der Waals surface area contributed by atoms with Crippen LogP contribution in [0.5, 0.6) is 0 Å². The van der Waals surface area contributed by atoms with E-state index in [0.717, 1.165) is 12.8 Å². The number of nitrogens with two attached hydrogens (primary N) is 1. The number of rotatable bonds is 4. The highest BCUT2D eigenvalue weighted by molar-refractivity contribution is 5.74. The Kier molecular flexibility index (Phi) is 3.34. The summed E-state index contributed by atoms with van der Waals surface area (Å²) in [7, 11) is 0. The molecule has 0 aliphatic heterocycles. The molecule has 0 bridgehead atoms. The molecule has 0 unspecified atom stereocenters. The van der Waals surface area contributed by atoms with Crippen LogP contribution in [0.15, 0.2) is 0 Å². The Morgan fingerprint density at radius 2 is 2.33 bits per heavy atom. The van der Waals surface area contributed by atoms with Gasteiger partial charge < -0.3 is 16.0 Å². The molecule has 0 aromatic carbocycles. The van der Waals surface area contributed by atoms with Crippen molar-refractivity contribution in [1.29, 1.82) is 0 Å². The molecule has 0 saturated heterocycles. The molecule has 0 heterocycles. The van der Waals surface area contributed by atoms with Crippen LogP contribution in [0.3, 0.4) is 0 Å². The van der Waals surface area contributed by atoms with Crippen LogP contribution in [0.4, 0.5) is 4.79 Å². The second-order valence-electron chi connectivity index (χ2n) is 3.05. The van der Waals surface area contributed by atoms with Crippen LogP contribution in [-0.2, 0) is 0 Å². The number of nitrogens with one attached hydrogen (secondary N) is 1. The fraction of sp³-hybridized carbons (Fsp3) is 0.875. The molecule has 0 atom stereocenters. The normalized spacial score (nSPS) is 15.8. The van der Waals surface area contributed by atoms with Gasteiger partial charge in [-0.05, 0) is 19.8 Å². The van der Waals surface area contributed by atoms with E-state index in [4.69, 9.17) is 5.73 Å². The molecule has 0 spiro atoms. The van der Waals surface area contributed by atoms with E-state index in [1.165, 1.54) is 0 Å². The third-order valence-electron chi connectivity index (χ3n) is 1.95. The predicted octanol–water partition coefficient (Wildman–Crippen LogP) is 0.139. The summed E-state index contributed by atoms with van der Waals surface area (Å²) in [6.07, 6.45) is 2.27. The summed E-state index contributed by atoms with van der Waals surface area (Å²) in [6.45, 7) is 3.84. The Hall–Kier alpha value is -0.770. The zero-order chi connectivity index (χ0) is 8.97. The maximum atomic E-state index is 11.4. The zero-order valence-corrected chi connectivity index (χ0v) is 7.55. The summed E-state index contributed by atoms with van der Waals surface area (Å²) in [5, 5.41) is 2.78. The second-order valence-corrected chi connectivity index (χ2v) is 3.05. The van der Waals surface area contributed by atoms with Crippen LogP contribution in [-0.4, -0.2) is 36.6 Å². The number of amides is 2. The van der Waals surface area contributed by atoms with Crippen LogP contribution in [0, 0.1) is 0 Å². The summed E-state index contributed by atoms with van der Waals surface area (Å²) < 4.78 is 0. The minimum Gasteiger partial charge on any atom is -0.338 e. The first-order chi connectivity index (χ1) is 5.79. The molecule has 1 aliphatic carbocycles. The van der Waals surface area contributed by atoms with E-state index in [2.05, 4.69) is 5.32 Å². The number of nitrogens with zero attached hydrogens (tertiary/aromatic N) is 1. The first-order valence-electron chi connectivity index (χ1n) is 4.54.